The van der Waals surface area contributed by atoms with Gasteiger partial charge in [-0.25, -0.2) is 4.99 Å². The van der Waals surface area contributed by atoms with Gasteiger partial charge in [0.1, 0.15) is 0 Å². The molecule has 0 spiro atoms. The van der Waals surface area contributed by atoms with Crippen molar-refractivity contribution in [1.29, 1.82) is 0 Å². The van der Waals surface area contributed by atoms with Crippen molar-refractivity contribution in [1.82, 2.24) is 0 Å². The Bertz CT molecular complexity index is 185. The molecule has 0 radical (unpaired) electrons. The first kappa shape index (κ1) is 10.9. The Labute approximate surface area is 61.9 Å². The maximum absolute atomic E-state index is 11.4. The van der Waals surface area contributed by atoms with Gasteiger partial charge in [-0.1, -0.05) is 0 Å². The summed E-state index contributed by atoms with van der Waals surface area (Å²) in [4.78, 5) is 11.0. The van der Waals surface area contributed by atoms with Crippen molar-refractivity contribution in [2.24, 2.45) is 4.99 Å². The lowest BCUT2D eigenvalue weighted by Gasteiger charge is -2.11. The fraction of sp³-hybridized carbons (Fsp3) is 0.500. The summed E-state index contributed by atoms with van der Waals surface area (Å²) in [6.45, 7) is 0. The Morgan fingerprint density at radius 2 is 1.33 bits per heavy atom. The molecule has 12 heavy (non-hydrogen) atoms. The summed E-state index contributed by atoms with van der Waals surface area (Å²) in [6.07, 6.45) is -12.1. The first-order valence-corrected chi connectivity index (χ1v) is 2.35. The summed E-state index contributed by atoms with van der Waals surface area (Å²) in [5, 5.41) is 0. The third-order valence-electron chi connectivity index (χ3n) is 0.719. The Morgan fingerprint density at radius 3 is 1.42 bits per heavy atom. The van der Waals surface area contributed by atoms with Gasteiger partial charge in [0.05, 0.1) is 0 Å². The lowest BCUT2D eigenvalue weighted by molar-refractivity contribution is -0.121. The Balaban J connectivity index is 4.95. The van der Waals surface area contributed by atoms with E-state index in [-0.39, 0.29) is 0 Å². The predicted octanol–water partition coefficient (Wildman–Crippen LogP) is 1.71. The average molecular weight is 193 g/mol. The quantitative estimate of drug-likeness (QED) is 0.354. The molecule has 0 unspecified atom stereocenters. The van der Waals surface area contributed by atoms with E-state index in [9.17, 15) is 31.1 Å². The second-order valence-corrected chi connectivity index (χ2v) is 1.58. The van der Waals surface area contributed by atoms with Gasteiger partial charge < -0.3 is 0 Å². The SMILES string of the molecule is O=CN=C(C(F)(F)F)C(F)(F)F. The van der Waals surface area contributed by atoms with Crippen molar-refractivity contribution >= 4 is 12.1 Å². The molecule has 0 aliphatic heterocycles. The summed E-state index contributed by atoms with van der Waals surface area (Å²) in [6, 6.07) is 0. The largest absolute Gasteiger partial charge is 0.438 e. The molecule has 8 heteroatoms. The van der Waals surface area contributed by atoms with Gasteiger partial charge >= 0.3 is 12.4 Å². The van der Waals surface area contributed by atoms with Crippen molar-refractivity contribution in [3.8, 4) is 0 Å². The number of amides is 1. The molecule has 0 atom stereocenters. The molecule has 2 nitrogen and oxygen atoms in total. The van der Waals surface area contributed by atoms with Gasteiger partial charge in [-0.3, -0.25) is 4.79 Å². The molecule has 0 fully saturated rings. The molecule has 0 aromatic heterocycles. The van der Waals surface area contributed by atoms with Crippen LogP contribution in [0.4, 0.5) is 26.3 Å². The first-order valence-electron chi connectivity index (χ1n) is 2.35. The van der Waals surface area contributed by atoms with E-state index in [1.165, 1.54) is 0 Å². The normalized spacial score (nSPS) is 12.5. The molecule has 1 amide bonds. The van der Waals surface area contributed by atoms with E-state index < -0.39 is 24.5 Å². The minimum Gasteiger partial charge on any atom is -0.276 e. The van der Waals surface area contributed by atoms with Crippen LogP contribution in [0.2, 0.25) is 0 Å². The Hall–Kier alpha value is -1.08. The standard InChI is InChI=1S/C4HF6NO/c5-3(6,7)2(11-1-12)4(8,9)10/h1H. The number of halogens is 6. The molecular weight excluding hydrogens is 192 g/mol. The van der Waals surface area contributed by atoms with E-state index in [0.717, 1.165) is 0 Å². The highest BCUT2D eigenvalue weighted by Crippen LogP contribution is 2.29. The molecule has 0 saturated carbocycles. The predicted molar refractivity (Wildman–Crippen MR) is 25.6 cm³/mol. The van der Waals surface area contributed by atoms with Crippen molar-refractivity contribution < 1.29 is 31.1 Å². The van der Waals surface area contributed by atoms with Crippen LogP contribution < -0.4 is 0 Å². The number of hydrogen-bond acceptors (Lipinski definition) is 1. The van der Waals surface area contributed by atoms with Gasteiger partial charge in [0.25, 0.3) is 0 Å². The van der Waals surface area contributed by atoms with Crippen LogP contribution in [-0.4, -0.2) is 24.5 Å². The number of rotatable bonds is 1. The second kappa shape index (κ2) is 3.11. The summed E-state index contributed by atoms with van der Waals surface area (Å²) < 4.78 is 68.4. The molecule has 0 aromatic carbocycles. The number of alkyl halides is 6. The molecule has 0 rings (SSSR count). The van der Waals surface area contributed by atoms with Gasteiger partial charge in [-0.05, 0) is 0 Å². The average Bonchev–Trinajstić information content (AvgIpc) is 1.77. The number of nitrogens with zero attached hydrogens (tertiary/aromatic N) is 1. The van der Waals surface area contributed by atoms with Crippen LogP contribution in [0.1, 0.15) is 0 Å². The van der Waals surface area contributed by atoms with Crippen molar-refractivity contribution in [3.63, 3.8) is 0 Å². The third kappa shape index (κ3) is 2.89. The zero-order chi connectivity index (χ0) is 9.99. The maximum Gasteiger partial charge on any atom is 0.438 e. The third-order valence-corrected chi connectivity index (χ3v) is 0.719. The smallest absolute Gasteiger partial charge is 0.276 e. The van der Waals surface area contributed by atoms with Crippen LogP contribution in [0.15, 0.2) is 4.99 Å². The van der Waals surface area contributed by atoms with E-state index in [4.69, 9.17) is 0 Å². The van der Waals surface area contributed by atoms with Gasteiger partial charge in [0.15, 0.2) is 0 Å². The summed E-state index contributed by atoms with van der Waals surface area (Å²) >= 11 is 0. The first-order chi connectivity index (χ1) is 5.19. The maximum atomic E-state index is 11.4. The highest BCUT2D eigenvalue weighted by molar-refractivity contribution is 5.98. The van der Waals surface area contributed by atoms with Gasteiger partial charge in [-0.2, -0.15) is 26.3 Å². The van der Waals surface area contributed by atoms with Crippen LogP contribution in [0.5, 0.6) is 0 Å². The number of carbonyl (C=O) groups is 1. The minimum atomic E-state index is -5.65. The fourth-order valence-electron chi connectivity index (χ4n) is 0.360. The summed E-state index contributed by atoms with van der Waals surface area (Å²) in [5.41, 5.74) is -3.05. The fourth-order valence-corrected chi connectivity index (χ4v) is 0.360. The van der Waals surface area contributed by atoms with E-state index >= 15 is 0 Å². The molecule has 70 valence electrons. The zero-order valence-corrected chi connectivity index (χ0v) is 5.20. The minimum absolute atomic E-state index is 0.809. The molecule has 0 heterocycles. The van der Waals surface area contributed by atoms with Crippen LogP contribution in [0, 0.1) is 0 Å². The number of carbonyl (C=O) groups excluding carboxylic acids is 1. The van der Waals surface area contributed by atoms with Crippen molar-refractivity contribution in [3.05, 3.63) is 0 Å². The molecule has 0 saturated heterocycles. The highest BCUT2D eigenvalue weighted by Gasteiger charge is 2.53. The second-order valence-electron chi connectivity index (χ2n) is 1.58. The van der Waals surface area contributed by atoms with Gasteiger partial charge in [0, 0.05) is 0 Å². The molecule has 0 aliphatic rings. The molecule has 0 aromatic rings. The molecular formula is C4HF6NO. The summed E-state index contributed by atoms with van der Waals surface area (Å²) in [5.74, 6) is 0. The lowest BCUT2D eigenvalue weighted by atomic mass is 10.3. The summed E-state index contributed by atoms with van der Waals surface area (Å²) in [7, 11) is 0. The Morgan fingerprint density at radius 1 is 1.00 bits per heavy atom. The van der Waals surface area contributed by atoms with Gasteiger partial charge in [-0.15, -0.1) is 0 Å². The Kier molecular flexibility index (Phi) is 2.83. The topological polar surface area (TPSA) is 29.4 Å². The van der Waals surface area contributed by atoms with Gasteiger partial charge in [0.2, 0.25) is 12.1 Å². The molecule has 0 bridgehead atoms. The van der Waals surface area contributed by atoms with E-state index in [1.54, 1.807) is 4.99 Å². The van der Waals surface area contributed by atoms with E-state index in [0.29, 0.717) is 0 Å². The van der Waals surface area contributed by atoms with E-state index in [1.807, 2.05) is 0 Å². The zero-order valence-electron chi connectivity index (χ0n) is 5.20. The number of aliphatic imine (C=N–C) groups is 1. The highest BCUT2D eigenvalue weighted by atomic mass is 19.4. The van der Waals surface area contributed by atoms with Crippen molar-refractivity contribution in [2.75, 3.05) is 0 Å². The monoisotopic (exact) mass is 193 g/mol. The van der Waals surface area contributed by atoms with Crippen LogP contribution >= 0.6 is 0 Å². The van der Waals surface area contributed by atoms with Crippen molar-refractivity contribution in [2.45, 2.75) is 12.4 Å². The molecule has 0 N–H and O–H groups in total. The van der Waals surface area contributed by atoms with Crippen LogP contribution in [-0.2, 0) is 4.79 Å². The lowest BCUT2D eigenvalue weighted by Crippen LogP contribution is -2.37. The van der Waals surface area contributed by atoms with Crippen LogP contribution in [0.25, 0.3) is 0 Å². The van der Waals surface area contributed by atoms with Crippen LogP contribution in [0.3, 0.4) is 0 Å². The van der Waals surface area contributed by atoms with E-state index in [2.05, 4.69) is 0 Å². The molecule has 0 aliphatic carbocycles. The number of hydrogen-bond donors (Lipinski definition) is 0.